The fraction of sp³-hybridized carbons (Fsp3) is 0.900. The Kier molecular flexibility index (Phi) is 2.89. The van der Waals surface area contributed by atoms with Crippen LogP contribution in [0.1, 0.15) is 33.1 Å². The lowest BCUT2D eigenvalue weighted by Crippen LogP contribution is -2.35. The van der Waals surface area contributed by atoms with E-state index in [0.717, 1.165) is 25.3 Å². The lowest BCUT2D eigenvalue weighted by Gasteiger charge is -2.27. The fourth-order valence-corrected chi connectivity index (χ4v) is 1.45. The van der Waals surface area contributed by atoms with Crippen LogP contribution in [0.25, 0.3) is 0 Å². The maximum atomic E-state index is 10.8. The van der Waals surface area contributed by atoms with Gasteiger partial charge < -0.3 is 9.69 Å². The third-order valence-electron chi connectivity index (χ3n) is 2.87. The summed E-state index contributed by atoms with van der Waals surface area (Å²) in [7, 11) is 2.12. The van der Waals surface area contributed by atoms with Crippen molar-refractivity contribution in [2.75, 3.05) is 13.6 Å². The molecule has 1 saturated carbocycles. The molecular formula is C10H19NO. The van der Waals surface area contributed by atoms with Gasteiger partial charge in [-0.15, -0.1) is 0 Å². The van der Waals surface area contributed by atoms with Crippen LogP contribution in [0.4, 0.5) is 0 Å². The number of hydrogen-bond donors (Lipinski definition) is 0. The van der Waals surface area contributed by atoms with E-state index in [-0.39, 0.29) is 5.41 Å². The first-order chi connectivity index (χ1) is 5.61. The van der Waals surface area contributed by atoms with Crippen LogP contribution in [-0.2, 0) is 4.79 Å². The van der Waals surface area contributed by atoms with Crippen molar-refractivity contribution in [1.82, 2.24) is 4.90 Å². The van der Waals surface area contributed by atoms with Crippen LogP contribution in [0.3, 0.4) is 0 Å². The Morgan fingerprint density at radius 3 is 2.50 bits per heavy atom. The zero-order chi connectivity index (χ0) is 9.19. The minimum Gasteiger partial charge on any atom is -0.303 e. The van der Waals surface area contributed by atoms with Crippen LogP contribution in [0.5, 0.6) is 0 Å². The summed E-state index contributed by atoms with van der Waals surface area (Å²) in [6.45, 7) is 5.03. The van der Waals surface area contributed by atoms with Crippen LogP contribution >= 0.6 is 0 Å². The van der Waals surface area contributed by atoms with E-state index in [1.165, 1.54) is 12.8 Å². The minimum absolute atomic E-state index is 0.128. The molecule has 1 aliphatic rings. The van der Waals surface area contributed by atoms with E-state index in [0.29, 0.717) is 0 Å². The van der Waals surface area contributed by atoms with Crippen LogP contribution in [0.2, 0.25) is 0 Å². The summed E-state index contributed by atoms with van der Waals surface area (Å²) >= 11 is 0. The van der Waals surface area contributed by atoms with Gasteiger partial charge in [0.05, 0.1) is 0 Å². The van der Waals surface area contributed by atoms with Gasteiger partial charge in [-0.05, 0) is 26.3 Å². The number of nitrogens with zero attached hydrogens (tertiary/aromatic N) is 1. The van der Waals surface area contributed by atoms with E-state index in [4.69, 9.17) is 0 Å². The molecule has 0 saturated heterocycles. The predicted molar refractivity (Wildman–Crippen MR) is 50.1 cm³/mol. The van der Waals surface area contributed by atoms with Crippen LogP contribution in [-0.4, -0.2) is 30.8 Å². The van der Waals surface area contributed by atoms with E-state index in [9.17, 15) is 4.79 Å². The molecule has 70 valence electrons. The molecule has 1 atom stereocenters. The molecule has 1 fully saturated rings. The molecule has 0 bridgehead atoms. The van der Waals surface area contributed by atoms with Crippen molar-refractivity contribution in [3.8, 4) is 0 Å². The summed E-state index contributed by atoms with van der Waals surface area (Å²) in [5, 5.41) is 0. The molecule has 2 nitrogen and oxygen atoms in total. The van der Waals surface area contributed by atoms with E-state index in [1.54, 1.807) is 0 Å². The molecule has 1 aliphatic carbocycles. The lowest BCUT2D eigenvalue weighted by atomic mass is 9.89. The Balaban J connectivity index is 2.39. The van der Waals surface area contributed by atoms with E-state index >= 15 is 0 Å². The van der Waals surface area contributed by atoms with Gasteiger partial charge in [-0.25, -0.2) is 0 Å². The SMILES string of the molecule is CCC(C)(C=O)CN(C)C1CC1. The Morgan fingerprint density at radius 1 is 1.58 bits per heavy atom. The molecule has 0 radical (unpaired) electrons. The van der Waals surface area contributed by atoms with Crippen molar-refractivity contribution in [3.05, 3.63) is 0 Å². The number of carbonyl (C=O) groups is 1. The highest BCUT2D eigenvalue weighted by molar-refractivity contribution is 5.58. The highest BCUT2D eigenvalue weighted by atomic mass is 16.1. The van der Waals surface area contributed by atoms with Gasteiger partial charge in [0.2, 0.25) is 0 Å². The summed E-state index contributed by atoms with van der Waals surface area (Å²) in [5.74, 6) is 0. The molecule has 0 aromatic carbocycles. The minimum atomic E-state index is -0.128. The molecule has 1 rings (SSSR count). The summed E-state index contributed by atoms with van der Waals surface area (Å²) in [5.41, 5.74) is -0.128. The van der Waals surface area contributed by atoms with Crippen molar-refractivity contribution < 1.29 is 4.79 Å². The second-order valence-electron chi connectivity index (χ2n) is 4.27. The van der Waals surface area contributed by atoms with Gasteiger partial charge in [0.1, 0.15) is 6.29 Å². The maximum absolute atomic E-state index is 10.8. The summed E-state index contributed by atoms with van der Waals surface area (Å²) in [6, 6.07) is 0.760. The second-order valence-corrected chi connectivity index (χ2v) is 4.27. The topological polar surface area (TPSA) is 20.3 Å². The Bertz CT molecular complexity index is 165. The van der Waals surface area contributed by atoms with Gasteiger partial charge in [-0.2, -0.15) is 0 Å². The molecule has 0 amide bonds. The Morgan fingerprint density at radius 2 is 2.17 bits per heavy atom. The van der Waals surface area contributed by atoms with Gasteiger partial charge in [0.15, 0.2) is 0 Å². The van der Waals surface area contributed by atoms with Gasteiger partial charge in [0.25, 0.3) is 0 Å². The predicted octanol–water partition coefficient (Wildman–Crippen LogP) is 1.70. The van der Waals surface area contributed by atoms with Crippen molar-refractivity contribution in [1.29, 1.82) is 0 Å². The number of rotatable bonds is 5. The average Bonchev–Trinajstić information content (AvgIpc) is 2.86. The van der Waals surface area contributed by atoms with Crippen LogP contribution < -0.4 is 0 Å². The largest absolute Gasteiger partial charge is 0.303 e. The molecule has 0 heterocycles. The summed E-state index contributed by atoms with van der Waals surface area (Å²) < 4.78 is 0. The highest BCUT2D eigenvalue weighted by Crippen LogP contribution is 2.29. The van der Waals surface area contributed by atoms with E-state index in [1.807, 2.05) is 6.92 Å². The smallest absolute Gasteiger partial charge is 0.127 e. The van der Waals surface area contributed by atoms with Crippen molar-refractivity contribution in [2.45, 2.75) is 39.2 Å². The van der Waals surface area contributed by atoms with E-state index in [2.05, 4.69) is 18.9 Å². The monoisotopic (exact) mass is 169 g/mol. The van der Waals surface area contributed by atoms with Gasteiger partial charge in [0, 0.05) is 18.0 Å². The molecular weight excluding hydrogens is 150 g/mol. The molecule has 0 aromatic heterocycles. The zero-order valence-corrected chi connectivity index (χ0v) is 8.34. The van der Waals surface area contributed by atoms with Gasteiger partial charge in [-0.1, -0.05) is 13.8 Å². The molecule has 0 spiro atoms. The standard InChI is InChI=1S/C10H19NO/c1-4-10(2,8-12)7-11(3)9-5-6-9/h8-9H,4-7H2,1-3H3. The third-order valence-corrected chi connectivity index (χ3v) is 2.87. The Hall–Kier alpha value is -0.370. The van der Waals surface area contributed by atoms with Crippen molar-refractivity contribution in [3.63, 3.8) is 0 Å². The lowest BCUT2D eigenvalue weighted by molar-refractivity contribution is -0.116. The number of carbonyl (C=O) groups excluding carboxylic acids is 1. The summed E-state index contributed by atoms with van der Waals surface area (Å²) in [6.07, 6.45) is 4.67. The van der Waals surface area contributed by atoms with E-state index < -0.39 is 0 Å². The van der Waals surface area contributed by atoms with Crippen molar-refractivity contribution in [2.24, 2.45) is 5.41 Å². The molecule has 0 N–H and O–H groups in total. The summed E-state index contributed by atoms with van der Waals surface area (Å²) in [4.78, 5) is 13.1. The van der Waals surface area contributed by atoms with Crippen molar-refractivity contribution >= 4 is 6.29 Å². The Labute approximate surface area is 74.9 Å². The van der Waals surface area contributed by atoms with Gasteiger partial charge in [-0.3, -0.25) is 0 Å². The molecule has 1 unspecified atom stereocenters. The normalized spacial score (nSPS) is 22.3. The number of hydrogen-bond acceptors (Lipinski definition) is 2. The average molecular weight is 169 g/mol. The quantitative estimate of drug-likeness (QED) is 0.584. The first kappa shape index (κ1) is 9.72. The molecule has 2 heteroatoms. The zero-order valence-electron chi connectivity index (χ0n) is 8.34. The second kappa shape index (κ2) is 3.56. The maximum Gasteiger partial charge on any atom is 0.127 e. The number of aldehydes is 1. The van der Waals surface area contributed by atoms with Crippen LogP contribution in [0.15, 0.2) is 0 Å². The first-order valence-electron chi connectivity index (χ1n) is 4.78. The van der Waals surface area contributed by atoms with Crippen LogP contribution in [0, 0.1) is 5.41 Å². The third kappa shape index (κ3) is 2.31. The highest BCUT2D eigenvalue weighted by Gasteiger charge is 2.31. The fourth-order valence-electron chi connectivity index (χ4n) is 1.45. The molecule has 12 heavy (non-hydrogen) atoms. The van der Waals surface area contributed by atoms with Gasteiger partial charge >= 0.3 is 0 Å². The molecule has 0 aliphatic heterocycles. The first-order valence-corrected chi connectivity index (χ1v) is 4.78. The molecule has 0 aromatic rings.